The second-order valence-corrected chi connectivity index (χ2v) is 7.22. The number of aryl methyl sites for hydroxylation is 2. The molecule has 1 aromatic heterocycles. The number of nitrogens with zero attached hydrogens (tertiary/aromatic N) is 2. The van der Waals surface area contributed by atoms with Crippen molar-refractivity contribution in [2.75, 3.05) is 12.3 Å². The van der Waals surface area contributed by atoms with Crippen LogP contribution in [0, 0.1) is 25.2 Å². The van der Waals surface area contributed by atoms with Gasteiger partial charge in [-0.2, -0.15) is 5.26 Å². The lowest BCUT2D eigenvalue weighted by atomic mass is 9.96. The monoisotopic (exact) mass is 421 g/mol. The van der Waals surface area contributed by atoms with Gasteiger partial charge >= 0.3 is 0 Å². The fraction of sp³-hybridized carbons (Fsp3) is 0.182. The Bertz CT molecular complexity index is 1050. The molecule has 0 fully saturated rings. The number of ether oxygens (including phenoxy) is 1. The third-order valence-electron chi connectivity index (χ3n) is 4.49. The van der Waals surface area contributed by atoms with E-state index in [1.54, 1.807) is 0 Å². The SMILES string of the molecule is CCOc1ccc(Br)cc1-c1cc(-c2ccc(C)c(C)c2)nc(N)c1C#N. The first kappa shape index (κ1) is 18.9. The van der Waals surface area contributed by atoms with Gasteiger partial charge in [-0.15, -0.1) is 0 Å². The molecule has 0 saturated carbocycles. The van der Waals surface area contributed by atoms with Crippen LogP contribution in [-0.4, -0.2) is 11.6 Å². The summed E-state index contributed by atoms with van der Waals surface area (Å²) >= 11 is 3.51. The number of nitriles is 1. The zero-order valence-electron chi connectivity index (χ0n) is 15.5. The number of hydrogen-bond donors (Lipinski definition) is 1. The number of rotatable bonds is 4. The minimum absolute atomic E-state index is 0.214. The zero-order valence-corrected chi connectivity index (χ0v) is 17.1. The molecule has 0 saturated heterocycles. The number of anilines is 1. The van der Waals surface area contributed by atoms with Crippen LogP contribution < -0.4 is 10.5 Å². The largest absolute Gasteiger partial charge is 0.493 e. The van der Waals surface area contributed by atoms with Gasteiger partial charge in [0.15, 0.2) is 0 Å². The van der Waals surface area contributed by atoms with Crippen molar-refractivity contribution in [2.45, 2.75) is 20.8 Å². The summed E-state index contributed by atoms with van der Waals surface area (Å²) < 4.78 is 6.67. The van der Waals surface area contributed by atoms with Crippen molar-refractivity contribution in [3.8, 4) is 34.2 Å². The molecule has 3 rings (SSSR count). The molecule has 0 aliphatic carbocycles. The second-order valence-electron chi connectivity index (χ2n) is 6.30. The van der Waals surface area contributed by atoms with Gasteiger partial charge in [0.25, 0.3) is 0 Å². The van der Waals surface area contributed by atoms with E-state index in [9.17, 15) is 5.26 Å². The molecule has 0 aliphatic rings. The Labute approximate surface area is 167 Å². The number of nitrogen functional groups attached to an aromatic ring is 1. The maximum atomic E-state index is 9.67. The highest BCUT2D eigenvalue weighted by molar-refractivity contribution is 9.10. The Kier molecular flexibility index (Phi) is 5.48. The number of halogens is 1. The predicted molar refractivity (Wildman–Crippen MR) is 113 cm³/mol. The molecule has 0 amide bonds. The molecular formula is C22H20BrN3O. The molecule has 4 nitrogen and oxygen atoms in total. The van der Waals surface area contributed by atoms with Crippen LogP contribution >= 0.6 is 15.9 Å². The Hall–Kier alpha value is -2.84. The molecule has 27 heavy (non-hydrogen) atoms. The van der Waals surface area contributed by atoms with Gasteiger partial charge < -0.3 is 10.5 Å². The van der Waals surface area contributed by atoms with Crippen molar-refractivity contribution in [3.63, 3.8) is 0 Å². The van der Waals surface area contributed by atoms with Crippen molar-refractivity contribution in [2.24, 2.45) is 0 Å². The zero-order chi connectivity index (χ0) is 19.6. The lowest BCUT2D eigenvalue weighted by Crippen LogP contribution is -2.01. The Balaban J connectivity index is 2.27. The normalized spacial score (nSPS) is 10.5. The summed E-state index contributed by atoms with van der Waals surface area (Å²) in [6.45, 7) is 6.59. The van der Waals surface area contributed by atoms with Gasteiger partial charge in [-0.25, -0.2) is 4.98 Å². The van der Waals surface area contributed by atoms with Crippen LogP contribution in [0.3, 0.4) is 0 Å². The average molecular weight is 422 g/mol. The smallest absolute Gasteiger partial charge is 0.142 e. The minimum Gasteiger partial charge on any atom is -0.493 e. The van der Waals surface area contributed by atoms with Crippen LogP contribution in [0.5, 0.6) is 5.75 Å². The summed E-state index contributed by atoms with van der Waals surface area (Å²) in [5, 5.41) is 9.67. The molecule has 0 aliphatic heterocycles. The fourth-order valence-corrected chi connectivity index (χ4v) is 3.30. The second kappa shape index (κ2) is 7.81. The first-order valence-electron chi connectivity index (χ1n) is 8.65. The van der Waals surface area contributed by atoms with Gasteiger partial charge in [0, 0.05) is 21.2 Å². The Morgan fingerprint density at radius 1 is 1.07 bits per heavy atom. The first-order valence-corrected chi connectivity index (χ1v) is 9.44. The molecule has 0 unspecified atom stereocenters. The number of aromatic nitrogens is 1. The number of nitrogens with two attached hydrogens (primary N) is 1. The number of pyridine rings is 1. The van der Waals surface area contributed by atoms with Gasteiger partial charge in [0.1, 0.15) is 23.2 Å². The van der Waals surface area contributed by atoms with Crippen LogP contribution in [0.2, 0.25) is 0 Å². The van der Waals surface area contributed by atoms with Crippen molar-refractivity contribution in [1.82, 2.24) is 4.98 Å². The van der Waals surface area contributed by atoms with Gasteiger partial charge in [-0.1, -0.05) is 28.1 Å². The maximum Gasteiger partial charge on any atom is 0.142 e. The lowest BCUT2D eigenvalue weighted by molar-refractivity contribution is 0.341. The minimum atomic E-state index is 0.214. The highest BCUT2D eigenvalue weighted by Crippen LogP contribution is 2.38. The molecule has 1 heterocycles. The predicted octanol–water partition coefficient (Wildman–Crippen LogP) is 5.65. The summed E-state index contributed by atoms with van der Waals surface area (Å²) in [5.74, 6) is 0.916. The van der Waals surface area contributed by atoms with E-state index in [0.29, 0.717) is 23.5 Å². The summed E-state index contributed by atoms with van der Waals surface area (Å²) in [6, 6.07) is 16.0. The Morgan fingerprint density at radius 3 is 2.52 bits per heavy atom. The molecule has 3 aromatic rings. The number of benzene rings is 2. The molecule has 136 valence electrons. The molecule has 0 radical (unpaired) electrons. The fourth-order valence-electron chi connectivity index (χ4n) is 2.94. The summed E-state index contributed by atoms with van der Waals surface area (Å²) in [7, 11) is 0. The van der Waals surface area contributed by atoms with Gasteiger partial charge in [0.05, 0.1) is 12.3 Å². The third-order valence-corrected chi connectivity index (χ3v) is 4.99. The van der Waals surface area contributed by atoms with E-state index in [2.05, 4.69) is 53.0 Å². The third kappa shape index (κ3) is 3.81. The van der Waals surface area contributed by atoms with Crippen molar-refractivity contribution in [3.05, 3.63) is 63.6 Å². The average Bonchev–Trinajstić information content (AvgIpc) is 2.65. The highest BCUT2D eigenvalue weighted by atomic mass is 79.9. The molecule has 0 spiro atoms. The molecule has 0 bridgehead atoms. The Morgan fingerprint density at radius 2 is 1.85 bits per heavy atom. The van der Waals surface area contributed by atoms with E-state index >= 15 is 0 Å². The van der Waals surface area contributed by atoms with Crippen molar-refractivity contribution in [1.29, 1.82) is 5.26 Å². The van der Waals surface area contributed by atoms with Crippen LogP contribution in [0.4, 0.5) is 5.82 Å². The number of hydrogen-bond acceptors (Lipinski definition) is 4. The van der Waals surface area contributed by atoms with Crippen molar-refractivity contribution >= 4 is 21.7 Å². The molecule has 0 atom stereocenters. The lowest BCUT2D eigenvalue weighted by Gasteiger charge is -2.15. The van der Waals surface area contributed by atoms with Crippen LogP contribution in [0.15, 0.2) is 46.9 Å². The van der Waals surface area contributed by atoms with Gasteiger partial charge in [-0.05, 0) is 62.2 Å². The van der Waals surface area contributed by atoms with Crippen LogP contribution in [-0.2, 0) is 0 Å². The van der Waals surface area contributed by atoms with E-state index in [1.807, 2.05) is 37.3 Å². The van der Waals surface area contributed by atoms with E-state index in [0.717, 1.165) is 21.3 Å². The van der Waals surface area contributed by atoms with E-state index in [4.69, 9.17) is 10.5 Å². The van der Waals surface area contributed by atoms with Gasteiger partial charge in [-0.3, -0.25) is 0 Å². The first-order chi connectivity index (χ1) is 12.9. The summed E-state index contributed by atoms with van der Waals surface area (Å²) in [6.07, 6.45) is 0. The molecule has 2 N–H and O–H groups in total. The van der Waals surface area contributed by atoms with E-state index < -0.39 is 0 Å². The van der Waals surface area contributed by atoms with E-state index in [1.165, 1.54) is 11.1 Å². The van der Waals surface area contributed by atoms with Crippen LogP contribution in [0.25, 0.3) is 22.4 Å². The standard InChI is InChI=1S/C22H20BrN3O/c1-4-27-21-8-7-16(23)10-18(21)17-11-20(26-22(25)19(17)12-24)15-6-5-13(2)14(3)9-15/h5-11H,4H2,1-3H3,(H2,25,26). The van der Waals surface area contributed by atoms with E-state index in [-0.39, 0.29) is 5.82 Å². The summed E-state index contributed by atoms with van der Waals surface area (Å²) in [5.41, 5.74) is 12.1. The summed E-state index contributed by atoms with van der Waals surface area (Å²) in [4.78, 5) is 4.47. The van der Waals surface area contributed by atoms with Crippen molar-refractivity contribution < 1.29 is 4.74 Å². The highest BCUT2D eigenvalue weighted by Gasteiger charge is 2.17. The van der Waals surface area contributed by atoms with Gasteiger partial charge in [0.2, 0.25) is 0 Å². The molecule has 2 aromatic carbocycles. The topological polar surface area (TPSA) is 71.9 Å². The van der Waals surface area contributed by atoms with Crippen LogP contribution in [0.1, 0.15) is 23.6 Å². The molecular weight excluding hydrogens is 402 g/mol. The quantitative estimate of drug-likeness (QED) is 0.590. The maximum absolute atomic E-state index is 9.67. The molecule has 5 heteroatoms.